The van der Waals surface area contributed by atoms with Crippen molar-refractivity contribution < 1.29 is 50.5 Å². The second kappa shape index (κ2) is 14.9. The van der Waals surface area contributed by atoms with E-state index in [9.17, 15) is 36.6 Å². The number of hydrogen-bond donors (Lipinski definition) is 5. The lowest BCUT2D eigenvalue weighted by molar-refractivity contribution is -0.221. The molecule has 2 amide bonds. The zero-order valence-corrected chi connectivity index (χ0v) is 26.4. The van der Waals surface area contributed by atoms with Crippen LogP contribution in [0.5, 0.6) is 0 Å². The van der Waals surface area contributed by atoms with Crippen molar-refractivity contribution in [3.8, 4) is 11.3 Å². The van der Waals surface area contributed by atoms with Gasteiger partial charge in [-0.15, -0.1) is 0 Å². The summed E-state index contributed by atoms with van der Waals surface area (Å²) >= 11 is 2.08. The van der Waals surface area contributed by atoms with Crippen molar-refractivity contribution in [1.29, 1.82) is 0 Å². The number of halogens is 8. The highest BCUT2D eigenvalue weighted by Gasteiger charge is 2.55. The van der Waals surface area contributed by atoms with Gasteiger partial charge in [0, 0.05) is 40.0 Å². The van der Waals surface area contributed by atoms with Crippen LogP contribution in [0.4, 0.5) is 35.5 Å². The Labute approximate surface area is 271 Å². The fourth-order valence-corrected chi connectivity index (χ4v) is 4.67. The molecule has 0 aliphatic heterocycles. The molecule has 0 aliphatic carbocycles. The molecule has 3 rings (SSSR count). The number of aliphatic hydroxyl groups is 1. The molecule has 10 nitrogen and oxygen atoms in total. The molecule has 3 aromatic rings. The molecular formula is C28H30F7IN6O4. The highest BCUT2D eigenvalue weighted by Crippen LogP contribution is 2.40. The highest BCUT2D eigenvalue weighted by molar-refractivity contribution is 14.1. The first-order valence-electron chi connectivity index (χ1n) is 13.4. The Balaban J connectivity index is 1.94. The Morgan fingerprint density at radius 2 is 1.67 bits per heavy atom. The van der Waals surface area contributed by atoms with Gasteiger partial charge in [0.1, 0.15) is 17.7 Å². The van der Waals surface area contributed by atoms with Gasteiger partial charge >= 0.3 is 18.8 Å². The fraction of sp³-hybridized carbons (Fsp3) is 0.393. The SMILES string of the molecule is CC(C)([C@H](NC(=O)O)C(=O)NN(Cc1c(F)cc(-c2ccn(C(F)F)n2)cc1F)C[C@H](O)[C@@H](N)Cc1ccc(I)cc1)C(F)(F)F. The summed E-state index contributed by atoms with van der Waals surface area (Å²) in [5.74, 6) is -4.03. The minimum atomic E-state index is -5.08. The van der Waals surface area contributed by atoms with E-state index in [4.69, 9.17) is 10.8 Å². The van der Waals surface area contributed by atoms with Crippen LogP contribution in [-0.4, -0.2) is 67.9 Å². The summed E-state index contributed by atoms with van der Waals surface area (Å²) in [6.45, 7) is -3.39. The number of hydrogen-bond acceptors (Lipinski definition) is 6. The van der Waals surface area contributed by atoms with Crippen molar-refractivity contribution in [3.05, 3.63) is 75.0 Å². The maximum absolute atomic E-state index is 15.3. The number of nitrogens with zero attached hydrogens (tertiary/aromatic N) is 3. The number of nitrogens with one attached hydrogen (secondary N) is 2. The molecule has 0 spiro atoms. The van der Waals surface area contributed by atoms with Crippen LogP contribution in [-0.2, 0) is 17.8 Å². The van der Waals surface area contributed by atoms with Gasteiger partial charge in [-0.3, -0.25) is 10.2 Å². The zero-order chi connectivity index (χ0) is 34.6. The average Bonchev–Trinajstić information content (AvgIpc) is 3.45. The van der Waals surface area contributed by atoms with Crippen LogP contribution in [0.3, 0.4) is 0 Å². The molecule has 0 radical (unpaired) electrons. The molecule has 0 fully saturated rings. The topological polar surface area (TPSA) is 146 Å². The number of rotatable bonds is 13. The minimum absolute atomic E-state index is 0.104. The van der Waals surface area contributed by atoms with E-state index in [1.54, 1.807) is 24.3 Å². The second-order valence-corrected chi connectivity index (χ2v) is 12.1. The van der Waals surface area contributed by atoms with Crippen LogP contribution in [0.25, 0.3) is 11.3 Å². The number of aromatic nitrogens is 2. The quantitative estimate of drug-likeness (QED) is 0.0953. The lowest BCUT2D eigenvalue weighted by Crippen LogP contribution is -2.62. The summed E-state index contributed by atoms with van der Waals surface area (Å²) in [6.07, 6.45) is -7.56. The Kier molecular flexibility index (Phi) is 12.0. The number of nitrogens with two attached hydrogens (primary N) is 1. The van der Waals surface area contributed by atoms with Gasteiger partial charge in [-0.1, -0.05) is 12.1 Å². The third-order valence-corrected chi connectivity index (χ3v) is 7.85. The van der Waals surface area contributed by atoms with Crippen LogP contribution in [0.2, 0.25) is 0 Å². The molecule has 0 aliphatic rings. The maximum atomic E-state index is 15.3. The molecule has 46 heavy (non-hydrogen) atoms. The molecule has 0 saturated carbocycles. The number of alkyl halides is 5. The Bertz CT molecular complexity index is 1500. The second-order valence-electron chi connectivity index (χ2n) is 10.9. The molecule has 1 aromatic heterocycles. The smallest absolute Gasteiger partial charge is 0.405 e. The third-order valence-electron chi connectivity index (χ3n) is 7.13. The van der Waals surface area contributed by atoms with E-state index in [1.165, 1.54) is 5.32 Å². The van der Waals surface area contributed by atoms with Crippen LogP contribution < -0.4 is 16.5 Å². The van der Waals surface area contributed by atoms with Crippen molar-refractivity contribution in [1.82, 2.24) is 25.5 Å². The third kappa shape index (κ3) is 9.29. The van der Waals surface area contributed by atoms with E-state index in [-0.39, 0.29) is 22.4 Å². The lowest BCUT2D eigenvalue weighted by Gasteiger charge is -2.36. The molecule has 1 heterocycles. The number of carbonyl (C=O) groups excluding carboxylic acids is 1. The summed E-state index contributed by atoms with van der Waals surface area (Å²) in [4.78, 5) is 24.5. The van der Waals surface area contributed by atoms with Gasteiger partial charge < -0.3 is 21.3 Å². The van der Waals surface area contributed by atoms with Gasteiger partial charge in [0.2, 0.25) is 0 Å². The molecule has 2 aromatic carbocycles. The number of carbonyl (C=O) groups is 2. The number of amides is 2. The lowest BCUT2D eigenvalue weighted by atomic mass is 9.83. The molecule has 252 valence electrons. The van der Waals surface area contributed by atoms with Gasteiger partial charge in [0.25, 0.3) is 5.91 Å². The van der Waals surface area contributed by atoms with E-state index >= 15 is 8.78 Å². The summed E-state index contributed by atoms with van der Waals surface area (Å²) in [5.41, 5.74) is 4.80. The molecule has 6 N–H and O–H groups in total. The van der Waals surface area contributed by atoms with Crippen LogP contribution in [0, 0.1) is 20.6 Å². The summed E-state index contributed by atoms with van der Waals surface area (Å²) in [7, 11) is 0. The van der Waals surface area contributed by atoms with Crippen molar-refractivity contribution >= 4 is 34.6 Å². The molecule has 18 heteroatoms. The molecule has 3 atom stereocenters. The van der Waals surface area contributed by atoms with E-state index in [2.05, 4.69) is 27.7 Å². The summed E-state index contributed by atoms with van der Waals surface area (Å²) < 4.78 is 99.0. The fourth-order valence-electron chi connectivity index (χ4n) is 4.31. The standard InChI is InChI=1S/C28H30F7IN6O4/c1-27(2,28(33,34)35)23(38-26(45)46)24(44)40-41(13-22(43)20(37)9-14-3-5-16(36)6-4-14)12-17-18(29)10-15(11-19(17)30)21-7-8-42(39-21)25(31)32/h3-8,10-11,20,22-23,25,38,43H,9,12-13,37H2,1-2H3,(H,40,44)(H,45,46)/t20-,22-,23+/m0/s1. The molecule has 0 saturated heterocycles. The molecule has 0 unspecified atom stereocenters. The first kappa shape index (κ1) is 37.0. The number of aliphatic hydroxyl groups excluding tert-OH is 1. The van der Waals surface area contributed by atoms with Crippen molar-refractivity contribution in [2.24, 2.45) is 11.1 Å². The van der Waals surface area contributed by atoms with Gasteiger partial charge in [0.05, 0.1) is 17.2 Å². The highest BCUT2D eigenvalue weighted by atomic mass is 127. The van der Waals surface area contributed by atoms with Gasteiger partial charge in [-0.25, -0.2) is 23.3 Å². The predicted molar refractivity (Wildman–Crippen MR) is 159 cm³/mol. The normalized spacial score (nSPS) is 14.3. The molecule has 0 bridgehead atoms. The van der Waals surface area contributed by atoms with Crippen LogP contribution in [0.15, 0.2) is 48.7 Å². The van der Waals surface area contributed by atoms with Gasteiger partial charge in [0.15, 0.2) is 0 Å². The first-order chi connectivity index (χ1) is 21.3. The predicted octanol–water partition coefficient (Wildman–Crippen LogP) is 4.82. The summed E-state index contributed by atoms with van der Waals surface area (Å²) in [5, 5.41) is 25.8. The zero-order valence-electron chi connectivity index (χ0n) is 24.2. The molecular weight excluding hydrogens is 744 g/mol. The summed E-state index contributed by atoms with van der Waals surface area (Å²) in [6, 6.07) is 6.23. The number of carboxylic acid groups (broad SMARTS) is 1. The Morgan fingerprint density at radius 1 is 1.09 bits per heavy atom. The van der Waals surface area contributed by atoms with Crippen molar-refractivity contribution in [3.63, 3.8) is 0 Å². The van der Waals surface area contributed by atoms with Crippen LogP contribution >= 0.6 is 22.6 Å². The van der Waals surface area contributed by atoms with E-state index in [1.807, 2.05) is 5.43 Å². The van der Waals surface area contributed by atoms with Gasteiger partial charge in [-0.05, 0) is 78.8 Å². The Hall–Kier alpha value is -3.49. The van der Waals surface area contributed by atoms with Crippen molar-refractivity contribution in [2.75, 3.05) is 6.54 Å². The Morgan fingerprint density at radius 3 is 2.17 bits per heavy atom. The maximum Gasteiger partial charge on any atom is 0.405 e. The van der Waals surface area contributed by atoms with E-state index < -0.39 is 78.6 Å². The number of hydrazine groups is 1. The largest absolute Gasteiger partial charge is 0.465 e. The van der Waals surface area contributed by atoms with Gasteiger partial charge in [-0.2, -0.15) is 27.1 Å². The van der Waals surface area contributed by atoms with E-state index in [0.29, 0.717) is 24.4 Å². The van der Waals surface area contributed by atoms with Crippen LogP contribution in [0.1, 0.15) is 31.5 Å². The van der Waals surface area contributed by atoms with Crippen molar-refractivity contribution in [2.45, 2.75) is 57.7 Å². The average molecular weight is 774 g/mol. The first-order valence-corrected chi connectivity index (χ1v) is 14.5. The minimum Gasteiger partial charge on any atom is -0.465 e. The number of benzene rings is 2. The van der Waals surface area contributed by atoms with E-state index in [0.717, 1.165) is 28.0 Å². The monoisotopic (exact) mass is 774 g/mol.